The van der Waals surface area contributed by atoms with Crippen LogP contribution in [0.2, 0.25) is 0 Å². The van der Waals surface area contributed by atoms with Crippen LogP contribution in [0.4, 0.5) is 0 Å². The van der Waals surface area contributed by atoms with E-state index in [-0.39, 0.29) is 0 Å². The van der Waals surface area contributed by atoms with Gasteiger partial charge in [0.1, 0.15) is 5.75 Å². The quantitative estimate of drug-likeness (QED) is 0.718. The van der Waals surface area contributed by atoms with Crippen LogP contribution in [0.15, 0.2) is 43.0 Å². The molecule has 0 aliphatic carbocycles. The van der Waals surface area contributed by atoms with Crippen molar-refractivity contribution in [1.82, 2.24) is 14.9 Å². The first-order valence-corrected chi connectivity index (χ1v) is 7.72. The molecule has 0 saturated carbocycles. The number of ether oxygens (including phenoxy) is 1. The number of aromatic nitrogens is 2. The van der Waals surface area contributed by atoms with E-state index in [0.717, 1.165) is 31.7 Å². The molecule has 4 nitrogen and oxygen atoms in total. The van der Waals surface area contributed by atoms with Gasteiger partial charge in [0, 0.05) is 30.5 Å². The topological polar surface area (TPSA) is 39.1 Å². The Hall–Kier alpha value is -1.81. The standard InChI is InChI=1S/C17H25N3O/c1-3-21-17-9-5-4-8-16(17)15(2)19-10-6-7-12-20-13-11-18-14-20/h4-5,8-9,11,13-15,19H,3,6-7,10,12H2,1-2H3. The molecule has 21 heavy (non-hydrogen) atoms. The molecule has 0 saturated heterocycles. The third-order valence-electron chi connectivity index (χ3n) is 3.54. The fraction of sp³-hybridized carbons (Fsp3) is 0.471. The molecule has 2 rings (SSSR count). The van der Waals surface area contributed by atoms with Crippen LogP contribution < -0.4 is 10.1 Å². The van der Waals surface area contributed by atoms with Gasteiger partial charge in [-0.15, -0.1) is 0 Å². The average molecular weight is 287 g/mol. The highest BCUT2D eigenvalue weighted by molar-refractivity contribution is 5.35. The van der Waals surface area contributed by atoms with Gasteiger partial charge in [0.25, 0.3) is 0 Å². The van der Waals surface area contributed by atoms with E-state index in [4.69, 9.17) is 4.74 Å². The second kappa shape index (κ2) is 8.47. The second-order valence-electron chi connectivity index (χ2n) is 5.15. The Morgan fingerprint density at radius 3 is 2.90 bits per heavy atom. The van der Waals surface area contributed by atoms with Gasteiger partial charge in [-0.3, -0.25) is 0 Å². The SMILES string of the molecule is CCOc1ccccc1C(C)NCCCCn1ccnc1. The maximum Gasteiger partial charge on any atom is 0.124 e. The Morgan fingerprint density at radius 1 is 1.29 bits per heavy atom. The molecule has 0 radical (unpaired) electrons. The monoisotopic (exact) mass is 287 g/mol. The van der Waals surface area contributed by atoms with Gasteiger partial charge in [0.15, 0.2) is 0 Å². The van der Waals surface area contributed by atoms with E-state index in [1.165, 1.54) is 5.56 Å². The summed E-state index contributed by atoms with van der Waals surface area (Å²) >= 11 is 0. The van der Waals surface area contributed by atoms with Crippen molar-refractivity contribution in [3.63, 3.8) is 0 Å². The first kappa shape index (κ1) is 15.6. The van der Waals surface area contributed by atoms with Crippen molar-refractivity contribution in [2.75, 3.05) is 13.2 Å². The summed E-state index contributed by atoms with van der Waals surface area (Å²) in [5.41, 5.74) is 1.23. The molecule has 0 bridgehead atoms. The van der Waals surface area contributed by atoms with Crippen molar-refractivity contribution < 1.29 is 4.74 Å². The molecule has 1 aromatic heterocycles. The zero-order chi connectivity index (χ0) is 14.9. The lowest BCUT2D eigenvalue weighted by Gasteiger charge is -2.18. The summed E-state index contributed by atoms with van der Waals surface area (Å²) in [5.74, 6) is 0.985. The van der Waals surface area contributed by atoms with Gasteiger partial charge < -0.3 is 14.6 Å². The third kappa shape index (κ3) is 4.90. The minimum Gasteiger partial charge on any atom is -0.494 e. The fourth-order valence-electron chi connectivity index (χ4n) is 2.39. The van der Waals surface area contributed by atoms with E-state index in [9.17, 15) is 0 Å². The molecule has 0 fully saturated rings. The number of benzene rings is 1. The molecule has 1 N–H and O–H groups in total. The fourth-order valence-corrected chi connectivity index (χ4v) is 2.39. The van der Waals surface area contributed by atoms with Crippen molar-refractivity contribution >= 4 is 0 Å². The first-order valence-electron chi connectivity index (χ1n) is 7.72. The van der Waals surface area contributed by atoms with E-state index in [1.807, 2.05) is 37.8 Å². The van der Waals surface area contributed by atoms with Crippen LogP contribution in [0.5, 0.6) is 5.75 Å². The van der Waals surface area contributed by atoms with Gasteiger partial charge in [-0.05, 0) is 39.3 Å². The summed E-state index contributed by atoms with van der Waals surface area (Å²) in [6, 6.07) is 8.56. The molecule has 2 aromatic rings. The Balaban J connectivity index is 1.72. The third-order valence-corrected chi connectivity index (χ3v) is 3.54. The van der Waals surface area contributed by atoms with Crippen LogP contribution in [0.25, 0.3) is 0 Å². The molecule has 4 heteroatoms. The zero-order valence-corrected chi connectivity index (χ0v) is 13.0. The number of rotatable bonds is 9. The van der Waals surface area contributed by atoms with Crippen LogP contribution in [-0.2, 0) is 6.54 Å². The van der Waals surface area contributed by atoms with Crippen molar-refractivity contribution in [3.05, 3.63) is 48.5 Å². The minimum atomic E-state index is 0.306. The largest absolute Gasteiger partial charge is 0.494 e. The van der Waals surface area contributed by atoms with Crippen molar-refractivity contribution in [3.8, 4) is 5.75 Å². The summed E-state index contributed by atoms with van der Waals surface area (Å²) in [6.07, 6.45) is 8.01. The summed E-state index contributed by atoms with van der Waals surface area (Å²) in [5, 5.41) is 3.57. The normalized spacial score (nSPS) is 12.3. The number of aryl methyl sites for hydroxylation is 1. The maximum absolute atomic E-state index is 5.68. The van der Waals surface area contributed by atoms with Crippen LogP contribution in [-0.4, -0.2) is 22.7 Å². The predicted octanol–water partition coefficient (Wildman–Crippen LogP) is 3.41. The van der Waals surface area contributed by atoms with Crippen molar-refractivity contribution in [1.29, 1.82) is 0 Å². The predicted molar refractivity (Wildman–Crippen MR) is 85.5 cm³/mol. The molecule has 1 unspecified atom stereocenters. The van der Waals surface area contributed by atoms with Gasteiger partial charge in [-0.1, -0.05) is 18.2 Å². The molecule has 114 valence electrons. The van der Waals surface area contributed by atoms with Crippen LogP contribution in [0.3, 0.4) is 0 Å². The van der Waals surface area contributed by atoms with Gasteiger partial charge in [0.2, 0.25) is 0 Å². The van der Waals surface area contributed by atoms with Crippen molar-refractivity contribution in [2.24, 2.45) is 0 Å². The van der Waals surface area contributed by atoms with Crippen LogP contribution in [0, 0.1) is 0 Å². The Morgan fingerprint density at radius 2 is 2.14 bits per heavy atom. The molecule has 1 aromatic carbocycles. The Labute approximate surface area is 127 Å². The minimum absolute atomic E-state index is 0.306. The first-order chi connectivity index (χ1) is 10.3. The maximum atomic E-state index is 5.68. The molecule has 1 heterocycles. The van der Waals surface area contributed by atoms with Gasteiger partial charge in [-0.25, -0.2) is 4.98 Å². The molecule has 0 aliphatic rings. The van der Waals surface area contributed by atoms with E-state index in [0.29, 0.717) is 12.6 Å². The number of nitrogens with zero attached hydrogens (tertiary/aromatic N) is 2. The Kier molecular flexibility index (Phi) is 6.28. The van der Waals surface area contributed by atoms with E-state index < -0.39 is 0 Å². The summed E-state index contributed by atoms with van der Waals surface area (Å²) in [4.78, 5) is 4.05. The molecule has 0 spiro atoms. The molecule has 0 amide bonds. The number of nitrogens with one attached hydrogen (secondary N) is 1. The number of hydrogen-bond acceptors (Lipinski definition) is 3. The summed E-state index contributed by atoms with van der Waals surface area (Å²) in [7, 11) is 0. The van der Waals surface area contributed by atoms with Gasteiger partial charge >= 0.3 is 0 Å². The zero-order valence-electron chi connectivity index (χ0n) is 13.0. The molecular weight excluding hydrogens is 262 g/mol. The van der Waals surface area contributed by atoms with Crippen LogP contribution >= 0.6 is 0 Å². The lowest BCUT2D eigenvalue weighted by atomic mass is 10.1. The average Bonchev–Trinajstić information content (AvgIpc) is 3.01. The van der Waals surface area contributed by atoms with E-state index in [2.05, 4.69) is 33.9 Å². The van der Waals surface area contributed by atoms with Crippen LogP contribution in [0.1, 0.15) is 38.3 Å². The smallest absolute Gasteiger partial charge is 0.124 e. The highest BCUT2D eigenvalue weighted by Crippen LogP contribution is 2.24. The summed E-state index contributed by atoms with van der Waals surface area (Å²) in [6.45, 7) is 6.95. The van der Waals surface area contributed by atoms with Gasteiger partial charge in [-0.2, -0.15) is 0 Å². The number of hydrogen-bond donors (Lipinski definition) is 1. The van der Waals surface area contributed by atoms with E-state index >= 15 is 0 Å². The highest BCUT2D eigenvalue weighted by Gasteiger charge is 2.09. The second-order valence-corrected chi connectivity index (χ2v) is 5.15. The number of para-hydroxylation sites is 1. The highest BCUT2D eigenvalue weighted by atomic mass is 16.5. The number of unbranched alkanes of at least 4 members (excludes halogenated alkanes) is 1. The lowest BCUT2D eigenvalue weighted by molar-refractivity contribution is 0.332. The molecular formula is C17H25N3O. The molecule has 0 aliphatic heterocycles. The molecule has 1 atom stereocenters. The summed E-state index contributed by atoms with van der Waals surface area (Å²) < 4.78 is 7.80. The van der Waals surface area contributed by atoms with Gasteiger partial charge in [0.05, 0.1) is 12.9 Å². The lowest BCUT2D eigenvalue weighted by Crippen LogP contribution is -2.20. The number of imidazole rings is 1. The van der Waals surface area contributed by atoms with E-state index in [1.54, 1.807) is 0 Å². The van der Waals surface area contributed by atoms with Crippen molar-refractivity contribution in [2.45, 2.75) is 39.3 Å². The Bertz CT molecular complexity index is 511.